The normalized spacial score (nSPS) is 19.1. The summed E-state index contributed by atoms with van der Waals surface area (Å²) in [5.74, 6) is -1.18. The molecule has 1 aliphatic heterocycles. The molecule has 0 unspecified atom stereocenters. The van der Waals surface area contributed by atoms with Crippen LogP contribution in [-0.2, 0) is 6.18 Å². The lowest BCUT2D eigenvalue weighted by molar-refractivity contribution is -0.142. The van der Waals surface area contributed by atoms with Gasteiger partial charge in [0, 0.05) is 12.6 Å². The van der Waals surface area contributed by atoms with Gasteiger partial charge >= 0.3 is 6.18 Å². The number of anilines is 1. The molecule has 1 fully saturated rings. The van der Waals surface area contributed by atoms with Gasteiger partial charge in [0.15, 0.2) is 17.2 Å². The Bertz CT molecular complexity index is 596. The summed E-state index contributed by atoms with van der Waals surface area (Å²) >= 11 is 2.69. The number of carbonyl (C=O) groups excluding carboxylic acids is 1. The molecule has 1 aromatic rings. The van der Waals surface area contributed by atoms with E-state index in [1.807, 2.05) is 6.92 Å². The monoisotopic (exact) mass is 395 g/mol. The maximum Gasteiger partial charge on any atom is 0.436 e. The van der Waals surface area contributed by atoms with Crippen LogP contribution in [0, 0.1) is 0 Å². The Morgan fingerprint density at radius 1 is 1.48 bits per heavy atom. The van der Waals surface area contributed by atoms with Crippen molar-refractivity contribution >= 4 is 27.7 Å². The third-order valence-electron chi connectivity index (χ3n) is 3.77. The number of hydrogen-bond acceptors (Lipinski definition) is 5. The predicted octanol–water partition coefficient (Wildman–Crippen LogP) is 2.05. The Kier molecular flexibility index (Phi) is 5.45. The van der Waals surface area contributed by atoms with Crippen molar-refractivity contribution in [1.82, 2.24) is 20.2 Å². The fourth-order valence-corrected chi connectivity index (χ4v) is 3.10. The number of carbonyl (C=O) groups is 1. The Balaban J connectivity index is 2.09. The summed E-state index contributed by atoms with van der Waals surface area (Å²) in [4.78, 5) is 21.2. The minimum Gasteiger partial charge on any atom is -0.382 e. The number of nitrogens with one attached hydrogen (secondary N) is 1. The number of nitrogen functional groups attached to an aromatic ring is 1. The van der Waals surface area contributed by atoms with Crippen LogP contribution in [0.2, 0.25) is 0 Å². The number of hydrogen-bond donors (Lipinski definition) is 2. The number of amides is 1. The largest absolute Gasteiger partial charge is 0.436 e. The van der Waals surface area contributed by atoms with Crippen LogP contribution >= 0.6 is 15.9 Å². The summed E-state index contributed by atoms with van der Waals surface area (Å²) in [5.41, 5.74) is 3.89. The maximum absolute atomic E-state index is 12.7. The van der Waals surface area contributed by atoms with Crippen LogP contribution < -0.4 is 11.1 Å². The Hall–Kier alpha value is -1.42. The molecule has 0 bridgehead atoms. The average molecular weight is 396 g/mol. The van der Waals surface area contributed by atoms with Crippen LogP contribution in [0.1, 0.15) is 35.9 Å². The second-order valence-corrected chi connectivity index (χ2v) is 5.98. The lowest BCUT2D eigenvalue weighted by Crippen LogP contribution is -2.40. The topological polar surface area (TPSA) is 84.1 Å². The van der Waals surface area contributed by atoms with E-state index in [0.29, 0.717) is 6.54 Å². The van der Waals surface area contributed by atoms with Crippen molar-refractivity contribution in [2.75, 3.05) is 25.4 Å². The van der Waals surface area contributed by atoms with Gasteiger partial charge in [0.1, 0.15) is 4.60 Å². The third kappa shape index (κ3) is 4.11. The van der Waals surface area contributed by atoms with Gasteiger partial charge in [-0.15, -0.1) is 0 Å². The number of likely N-dealkylation sites (N-methyl/N-ethyl adjacent to an activating group) is 1. The second kappa shape index (κ2) is 7.00. The number of nitrogens with two attached hydrogens (primary N) is 1. The van der Waals surface area contributed by atoms with Gasteiger partial charge < -0.3 is 11.1 Å². The summed E-state index contributed by atoms with van der Waals surface area (Å²) in [6.07, 6.45) is -2.67. The number of halogens is 4. The predicted molar refractivity (Wildman–Crippen MR) is 81.7 cm³/mol. The summed E-state index contributed by atoms with van der Waals surface area (Å²) in [7, 11) is 0. The van der Waals surface area contributed by atoms with Gasteiger partial charge in [0.2, 0.25) is 0 Å². The zero-order valence-electron chi connectivity index (χ0n) is 12.5. The van der Waals surface area contributed by atoms with E-state index < -0.39 is 28.2 Å². The molecule has 1 amide bonds. The molecule has 10 heteroatoms. The van der Waals surface area contributed by atoms with Gasteiger partial charge in [0.05, 0.1) is 0 Å². The lowest BCUT2D eigenvalue weighted by Gasteiger charge is -2.22. The van der Waals surface area contributed by atoms with Gasteiger partial charge in [-0.3, -0.25) is 9.69 Å². The van der Waals surface area contributed by atoms with E-state index in [2.05, 4.69) is 36.1 Å². The molecule has 0 radical (unpaired) electrons. The van der Waals surface area contributed by atoms with Crippen molar-refractivity contribution in [2.45, 2.75) is 32.0 Å². The van der Waals surface area contributed by atoms with Crippen molar-refractivity contribution in [1.29, 1.82) is 0 Å². The molecule has 3 N–H and O–H groups in total. The standard InChI is InChI=1S/C13H17BrF3N5O/c1-2-22-5-3-4-7(22)6-19-12(23)8-11(18)21-9(10(14)20-8)13(15,16)17/h7H,2-6H2,1H3,(H2,18,21)(H,19,23)/t7-/m0/s1. The first-order valence-electron chi connectivity index (χ1n) is 7.16. The van der Waals surface area contributed by atoms with Crippen molar-refractivity contribution in [2.24, 2.45) is 0 Å². The average Bonchev–Trinajstić information content (AvgIpc) is 2.93. The number of likely N-dealkylation sites (tertiary alicyclic amines) is 1. The van der Waals surface area contributed by atoms with Crippen LogP contribution in [0.3, 0.4) is 0 Å². The summed E-state index contributed by atoms with van der Waals surface area (Å²) in [5, 5.41) is 2.67. The molecule has 23 heavy (non-hydrogen) atoms. The Labute approximate surface area is 139 Å². The van der Waals surface area contributed by atoms with Crippen LogP contribution in [0.4, 0.5) is 19.0 Å². The van der Waals surface area contributed by atoms with Gasteiger partial charge in [-0.25, -0.2) is 9.97 Å². The van der Waals surface area contributed by atoms with Gasteiger partial charge in [-0.1, -0.05) is 6.92 Å². The van der Waals surface area contributed by atoms with Crippen molar-refractivity contribution in [3.05, 3.63) is 16.0 Å². The smallest absolute Gasteiger partial charge is 0.382 e. The van der Waals surface area contributed by atoms with E-state index in [1.54, 1.807) is 0 Å². The molecule has 0 spiro atoms. The molecule has 1 atom stereocenters. The van der Waals surface area contributed by atoms with Gasteiger partial charge in [-0.05, 0) is 41.9 Å². The zero-order valence-corrected chi connectivity index (χ0v) is 14.0. The highest BCUT2D eigenvalue weighted by atomic mass is 79.9. The summed E-state index contributed by atoms with van der Waals surface area (Å²) in [6, 6.07) is 0.219. The quantitative estimate of drug-likeness (QED) is 0.814. The highest BCUT2D eigenvalue weighted by Crippen LogP contribution is 2.33. The first kappa shape index (κ1) is 17.9. The van der Waals surface area contributed by atoms with Crippen LogP contribution in [-0.4, -0.2) is 46.5 Å². The number of nitrogens with zero attached hydrogens (tertiary/aromatic N) is 3. The second-order valence-electron chi connectivity index (χ2n) is 5.23. The highest BCUT2D eigenvalue weighted by Gasteiger charge is 2.37. The molecule has 1 aromatic heterocycles. The minimum absolute atomic E-state index is 0.219. The van der Waals surface area contributed by atoms with Gasteiger partial charge in [-0.2, -0.15) is 13.2 Å². The number of alkyl halides is 3. The highest BCUT2D eigenvalue weighted by molar-refractivity contribution is 9.10. The minimum atomic E-state index is -4.69. The van der Waals surface area contributed by atoms with Crippen LogP contribution in [0.25, 0.3) is 0 Å². The molecule has 128 valence electrons. The Morgan fingerprint density at radius 3 is 2.78 bits per heavy atom. The van der Waals surface area contributed by atoms with E-state index in [-0.39, 0.29) is 11.7 Å². The van der Waals surface area contributed by atoms with Crippen LogP contribution in [0.15, 0.2) is 4.60 Å². The third-order valence-corrected chi connectivity index (χ3v) is 4.32. The van der Waals surface area contributed by atoms with Crippen LogP contribution in [0.5, 0.6) is 0 Å². The maximum atomic E-state index is 12.7. The molecule has 0 aliphatic carbocycles. The number of rotatable bonds is 4. The summed E-state index contributed by atoms with van der Waals surface area (Å²) in [6.45, 7) is 4.29. The molecule has 0 aromatic carbocycles. The molecule has 2 rings (SSSR count). The molecular weight excluding hydrogens is 379 g/mol. The Morgan fingerprint density at radius 2 is 2.17 bits per heavy atom. The first-order chi connectivity index (χ1) is 10.7. The van der Waals surface area contributed by atoms with Crippen molar-refractivity contribution in [3.8, 4) is 0 Å². The summed E-state index contributed by atoms with van der Waals surface area (Å²) < 4.78 is 37.6. The molecule has 1 aliphatic rings. The van der Waals surface area contributed by atoms with Crippen molar-refractivity contribution in [3.63, 3.8) is 0 Å². The molecular formula is C13H17BrF3N5O. The number of aromatic nitrogens is 2. The van der Waals surface area contributed by atoms with E-state index >= 15 is 0 Å². The molecule has 1 saturated heterocycles. The lowest BCUT2D eigenvalue weighted by atomic mass is 10.2. The zero-order chi connectivity index (χ0) is 17.2. The molecule has 0 saturated carbocycles. The first-order valence-corrected chi connectivity index (χ1v) is 7.95. The molecule has 2 heterocycles. The van der Waals surface area contributed by atoms with E-state index in [9.17, 15) is 18.0 Å². The van der Waals surface area contributed by atoms with E-state index in [4.69, 9.17) is 5.73 Å². The van der Waals surface area contributed by atoms with Gasteiger partial charge in [0.25, 0.3) is 5.91 Å². The van der Waals surface area contributed by atoms with E-state index in [0.717, 1.165) is 25.9 Å². The molecule has 6 nitrogen and oxygen atoms in total. The SMILES string of the molecule is CCN1CCC[C@H]1CNC(=O)c1nc(Br)c(C(F)(F)F)nc1N. The van der Waals surface area contributed by atoms with Crippen molar-refractivity contribution < 1.29 is 18.0 Å². The fraction of sp³-hybridized carbons (Fsp3) is 0.615. The fourth-order valence-electron chi connectivity index (χ4n) is 2.61. The van der Waals surface area contributed by atoms with E-state index in [1.165, 1.54) is 0 Å².